The van der Waals surface area contributed by atoms with Gasteiger partial charge in [0.15, 0.2) is 0 Å². The Hall–Kier alpha value is -1.02. The summed E-state index contributed by atoms with van der Waals surface area (Å²) in [6.07, 6.45) is 0. The van der Waals surface area contributed by atoms with Crippen LogP contribution in [0, 0.1) is 11.8 Å². The Labute approximate surface area is 97.8 Å². The van der Waals surface area contributed by atoms with E-state index in [9.17, 15) is 0 Å². The molecule has 0 aliphatic carbocycles. The minimum Gasteiger partial charge on any atom is -0.493 e. The molecule has 2 N–H and O–H groups in total. The fourth-order valence-corrected chi connectivity index (χ4v) is 2.52. The summed E-state index contributed by atoms with van der Waals surface area (Å²) in [7, 11) is 0. The number of nitrogens with two attached hydrogens (primary N) is 1. The molecule has 0 bridgehead atoms. The first-order chi connectivity index (χ1) is 7.61. The van der Waals surface area contributed by atoms with Gasteiger partial charge in [-0.1, -0.05) is 39.0 Å². The summed E-state index contributed by atoms with van der Waals surface area (Å²) in [5, 5.41) is 0. The lowest BCUT2D eigenvalue weighted by molar-refractivity contribution is 0.180. The molecule has 0 saturated carbocycles. The van der Waals surface area contributed by atoms with Crippen LogP contribution in [-0.2, 0) is 0 Å². The lowest BCUT2D eigenvalue weighted by Crippen LogP contribution is -2.40. The third-order valence-corrected chi connectivity index (χ3v) is 3.58. The zero-order valence-electron chi connectivity index (χ0n) is 10.3. The third-order valence-electron chi connectivity index (χ3n) is 3.58. The van der Waals surface area contributed by atoms with Gasteiger partial charge >= 0.3 is 0 Å². The van der Waals surface area contributed by atoms with Crippen LogP contribution in [0.3, 0.4) is 0 Å². The molecule has 16 heavy (non-hydrogen) atoms. The van der Waals surface area contributed by atoms with Crippen molar-refractivity contribution in [2.24, 2.45) is 17.6 Å². The van der Waals surface area contributed by atoms with Crippen LogP contribution in [-0.4, -0.2) is 12.6 Å². The van der Waals surface area contributed by atoms with Gasteiger partial charge in [-0.15, -0.1) is 0 Å². The van der Waals surface area contributed by atoms with Crippen LogP contribution in [0.4, 0.5) is 0 Å². The first-order valence-corrected chi connectivity index (χ1v) is 6.08. The Balaban J connectivity index is 2.36. The van der Waals surface area contributed by atoms with E-state index in [1.165, 1.54) is 5.56 Å². The summed E-state index contributed by atoms with van der Waals surface area (Å²) >= 11 is 0. The fraction of sp³-hybridized carbons (Fsp3) is 0.571. The lowest BCUT2D eigenvalue weighted by atomic mass is 9.76. The highest BCUT2D eigenvalue weighted by molar-refractivity contribution is 5.39. The van der Waals surface area contributed by atoms with Gasteiger partial charge in [0.1, 0.15) is 5.75 Å². The van der Waals surface area contributed by atoms with E-state index < -0.39 is 0 Å². The first kappa shape index (κ1) is 11.5. The lowest BCUT2D eigenvalue weighted by Gasteiger charge is -2.36. The second-order valence-corrected chi connectivity index (χ2v) is 5.17. The Bertz CT molecular complexity index is 362. The second kappa shape index (κ2) is 4.46. The molecule has 1 heterocycles. The predicted molar refractivity (Wildman–Crippen MR) is 66.7 cm³/mol. The summed E-state index contributed by atoms with van der Waals surface area (Å²) in [5.41, 5.74) is 7.62. The molecule has 3 unspecified atom stereocenters. The zero-order chi connectivity index (χ0) is 11.7. The highest BCUT2D eigenvalue weighted by Gasteiger charge is 2.33. The maximum Gasteiger partial charge on any atom is 0.122 e. The monoisotopic (exact) mass is 219 g/mol. The minimum absolute atomic E-state index is 0.208. The Morgan fingerprint density at radius 2 is 2.00 bits per heavy atom. The van der Waals surface area contributed by atoms with Gasteiger partial charge in [0, 0.05) is 12.0 Å². The molecular formula is C14H21NO. The number of hydrogen-bond donors (Lipinski definition) is 1. The quantitative estimate of drug-likeness (QED) is 0.830. The number of fused-ring (bicyclic) bond motifs is 1. The van der Waals surface area contributed by atoms with Crippen molar-refractivity contribution in [3.63, 3.8) is 0 Å². The van der Waals surface area contributed by atoms with E-state index in [0.29, 0.717) is 17.8 Å². The van der Waals surface area contributed by atoms with Gasteiger partial charge in [0.05, 0.1) is 6.61 Å². The van der Waals surface area contributed by atoms with Gasteiger partial charge in [-0.3, -0.25) is 0 Å². The van der Waals surface area contributed by atoms with E-state index >= 15 is 0 Å². The van der Waals surface area contributed by atoms with Crippen LogP contribution in [0.2, 0.25) is 0 Å². The highest BCUT2D eigenvalue weighted by Crippen LogP contribution is 2.39. The molecule has 2 rings (SSSR count). The molecule has 2 nitrogen and oxygen atoms in total. The van der Waals surface area contributed by atoms with Gasteiger partial charge in [0.2, 0.25) is 0 Å². The van der Waals surface area contributed by atoms with E-state index in [0.717, 1.165) is 12.4 Å². The van der Waals surface area contributed by atoms with Gasteiger partial charge in [-0.2, -0.15) is 0 Å². The smallest absolute Gasteiger partial charge is 0.122 e. The number of hydrogen-bond acceptors (Lipinski definition) is 2. The van der Waals surface area contributed by atoms with Crippen molar-refractivity contribution in [1.29, 1.82) is 0 Å². The SMILES string of the molecule is CC(C)C(N)C1c2ccccc2OCC1C. The molecule has 3 atom stereocenters. The first-order valence-electron chi connectivity index (χ1n) is 6.08. The highest BCUT2D eigenvalue weighted by atomic mass is 16.5. The normalized spacial score (nSPS) is 26.1. The zero-order valence-corrected chi connectivity index (χ0v) is 10.3. The topological polar surface area (TPSA) is 35.2 Å². The van der Waals surface area contributed by atoms with Gasteiger partial charge in [-0.05, 0) is 23.5 Å². The maximum atomic E-state index is 6.34. The number of ether oxygens (including phenoxy) is 1. The Kier molecular flexibility index (Phi) is 3.20. The molecule has 0 aromatic heterocycles. The predicted octanol–water partition coefficient (Wildman–Crippen LogP) is 2.78. The summed E-state index contributed by atoms with van der Waals surface area (Å²) in [4.78, 5) is 0. The van der Waals surface area contributed by atoms with E-state index in [1.54, 1.807) is 0 Å². The van der Waals surface area contributed by atoms with Crippen molar-refractivity contribution in [2.45, 2.75) is 32.7 Å². The summed E-state index contributed by atoms with van der Waals surface area (Å²) in [6, 6.07) is 8.49. The van der Waals surface area contributed by atoms with Crippen molar-refractivity contribution in [3.05, 3.63) is 29.8 Å². The molecule has 1 aromatic carbocycles. The van der Waals surface area contributed by atoms with Crippen molar-refractivity contribution >= 4 is 0 Å². The largest absolute Gasteiger partial charge is 0.493 e. The summed E-state index contributed by atoms with van der Waals surface area (Å²) in [6.45, 7) is 7.38. The van der Waals surface area contributed by atoms with Crippen molar-refractivity contribution in [2.75, 3.05) is 6.61 Å². The fourth-order valence-electron chi connectivity index (χ4n) is 2.52. The van der Waals surface area contributed by atoms with Crippen LogP contribution in [0.5, 0.6) is 5.75 Å². The second-order valence-electron chi connectivity index (χ2n) is 5.17. The van der Waals surface area contributed by atoms with E-state index in [1.807, 2.05) is 12.1 Å². The van der Waals surface area contributed by atoms with E-state index in [2.05, 4.69) is 32.9 Å². The molecular weight excluding hydrogens is 198 g/mol. The molecule has 0 fully saturated rings. The maximum absolute atomic E-state index is 6.34. The average molecular weight is 219 g/mol. The van der Waals surface area contributed by atoms with Gasteiger partial charge in [0.25, 0.3) is 0 Å². The van der Waals surface area contributed by atoms with Crippen molar-refractivity contribution < 1.29 is 4.74 Å². The third kappa shape index (κ3) is 1.94. The van der Waals surface area contributed by atoms with Crippen LogP contribution >= 0.6 is 0 Å². The molecule has 0 saturated heterocycles. The molecule has 0 amide bonds. The molecule has 2 heteroatoms. The minimum atomic E-state index is 0.208. The van der Waals surface area contributed by atoms with Crippen molar-refractivity contribution in [1.82, 2.24) is 0 Å². The Morgan fingerprint density at radius 1 is 1.31 bits per heavy atom. The van der Waals surface area contributed by atoms with Crippen LogP contribution in [0.25, 0.3) is 0 Å². The van der Waals surface area contributed by atoms with Crippen LogP contribution in [0.15, 0.2) is 24.3 Å². The number of rotatable bonds is 2. The van der Waals surface area contributed by atoms with Gasteiger partial charge in [-0.25, -0.2) is 0 Å². The summed E-state index contributed by atoms with van der Waals surface area (Å²) < 4.78 is 5.74. The number of benzene rings is 1. The standard InChI is InChI=1S/C14H21NO/c1-9(2)14(15)13-10(3)8-16-12-7-5-4-6-11(12)13/h4-7,9-10,13-14H,8,15H2,1-3H3. The molecule has 1 aromatic rings. The van der Waals surface area contributed by atoms with Crippen LogP contribution in [0.1, 0.15) is 32.3 Å². The van der Waals surface area contributed by atoms with Crippen molar-refractivity contribution in [3.8, 4) is 5.75 Å². The molecule has 0 radical (unpaired) electrons. The molecule has 0 spiro atoms. The Morgan fingerprint density at radius 3 is 2.69 bits per heavy atom. The summed E-state index contributed by atoms with van der Waals surface area (Å²) in [5.74, 6) is 2.43. The van der Waals surface area contributed by atoms with E-state index in [-0.39, 0.29) is 6.04 Å². The molecule has 1 aliphatic heterocycles. The molecule has 1 aliphatic rings. The number of para-hydroxylation sites is 1. The van der Waals surface area contributed by atoms with Crippen LogP contribution < -0.4 is 10.5 Å². The average Bonchev–Trinajstić information content (AvgIpc) is 2.28. The van der Waals surface area contributed by atoms with E-state index in [4.69, 9.17) is 10.5 Å². The molecule has 88 valence electrons. The van der Waals surface area contributed by atoms with Gasteiger partial charge < -0.3 is 10.5 Å².